The maximum absolute atomic E-state index is 14.7. The van der Waals surface area contributed by atoms with Crippen molar-refractivity contribution in [1.29, 1.82) is 0 Å². The Morgan fingerprint density at radius 3 is 2.40 bits per heavy atom. The first kappa shape index (κ1) is 41.5. The fourth-order valence-electron chi connectivity index (χ4n) is 9.16. The third kappa shape index (κ3) is 8.16. The Morgan fingerprint density at radius 1 is 1.02 bits per heavy atom. The SMILES string of the molecule is COc1ccc2c(c1)C=C(c1c(C(=O)N3C(C)CCC3CC(C)(C)O)cnn1CC(F)(F)F)Cn1c-2c(C2CCCCC2)c2ccc(C(=O)NS(=O)(=O)C(C)C)cc21. The lowest BCUT2D eigenvalue weighted by Gasteiger charge is -2.32. The van der Waals surface area contributed by atoms with Crippen molar-refractivity contribution in [1.82, 2.24) is 24.0 Å². The van der Waals surface area contributed by atoms with Crippen LogP contribution in [0.5, 0.6) is 5.75 Å². The molecule has 0 radical (unpaired) electrons. The minimum Gasteiger partial charge on any atom is -0.497 e. The highest BCUT2D eigenvalue weighted by Crippen LogP contribution is 2.48. The summed E-state index contributed by atoms with van der Waals surface area (Å²) in [6.07, 6.45) is 4.93. The Hall–Kier alpha value is -4.63. The Kier molecular flexibility index (Phi) is 11.1. The average Bonchev–Trinajstić information content (AvgIpc) is 3.78. The Labute approximate surface area is 337 Å². The van der Waals surface area contributed by atoms with Crippen molar-refractivity contribution in [3.05, 3.63) is 70.5 Å². The number of aromatic nitrogens is 3. The number of hydrogen-bond acceptors (Lipinski definition) is 7. The molecule has 58 heavy (non-hydrogen) atoms. The quantitative estimate of drug-likeness (QED) is 0.164. The van der Waals surface area contributed by atoms with Gasteiger partial charge >= 0.3 is 6.18 Å². The molecule has 15 heteroatoms. The highest BCUT2D eigenvalue weighted by Gasteiger charge is 2.41. The second kappa shape index (κ2) is 15.5. The lowest BCUT2D eigenvalue weighted by atomic mass is 9.81. The van der Waals surface area contributed by atoms with E-state index in [1.54, 1.807) is 37.0 Å². The standard InChI is InChI=1S/C43H52F3N5O6S/c1-25(2)58(55,56)48-40(52)28-13-16-34-36(20-28)49-23-30(18-29-19-32(57-6)15-17-33(29)39(49)37(34)27-10-8-7-9-11-27)38-35(22-47-50(38)24-43(44,45)46)41(53)51-26(3)12-14-31(51)21-42(4,5)54/h13,15-20,22,25-27,31,54H,7-12,14,21,23-24H2,1-6H3,(H,48,52). The van der Waals surface area contributed by atoms with Gasteiger partial charge in [-0.25, -0.2) is 13.1 Å². The number of likely N-dealkylation sites (tertiary alicyclic amines) is 1. The first-order valence-electron chi connectivity index (χ1n) is 20.1. The maximum Gasteiger partial charge on any atom is 0.408 e. The summed E-state index contributed by atoms with van der Waals surface area (Å²) in [5, 5.41) is 15.0. The van der Waals surface area contributed by atoms with E-state index in [1.807, 2.05) is 35.8 Å². The smallest absolute Gasteiger partial charge is 0.408 e. The molecule has 1 saturated heterocycles. The van der Waals surface area contributed by atoms with E-state index in [0.29, 0.717) is 41.7 Å². The minimum absolute atomic E-state index is 0.00258. The van der Waals surface area contributed by atoms with Crippen LogP contribution in [0.2, 0.25) is 0 Å². The molecule has 0 spiro atoms. The molecule has 2 amide bonds. The summed E-state index contributed by atoms with van der Waals surface area (Å²) in [5.41, 5.74) is 3.40. The van der Waals surface area contributed by atoms with Crippen LogP contribution >= 0.6 is 0 Å². The number of sulfonamides is 1. The molecule has 3 aliphatic rings. The predicted molar refractivity (Wildman–Crippen MR) is 217 cm³/mol. The average molecular weight is 824 g/mol. The van der Waals surface area contributed by atoms with Gasteiger partial charge in [0.2, 0.25) is 10.0 Å². The number of carbonyl (C=O) groups is 2. The van der Waals surface area contributed by atoms with Gasteiger partial charge in [0.05, 0.1) is 47.7 Å². The van der Waals surface area contributed by atoms with Gasteiger partial charge in [-0.2, -0.15) is 18.3 Å². The number of nitrogens with one attached hydrogen (secondary N) is 1. The van der Waals surface area contributed by atoms with Gasteiger partial charge in [0, 0.05) is 34.1 Å². The van der Waals surface area contributed by atoms with Crippen LogP contribution in [0.4, 0.5) is 13.2 Å². The van der Waals surface area contributed by atoms with E-state index in [2.05, 4.69) is 9.82 Å². The van der Waals surface area contributed by atoms with Gasteiger partial charge < -0.3 is 19.3 Å². The molecule has 11 nitrogen and oxygen atoms in total. The lowest BCUT2D eigenvalue weighted by molar-refractivity contribution is -0.142. The van der Waals surface area contributed by atoms with Gasteiger partial charge in [0.15, 0.2) is 0 Å². The van der Waals surface area contributed by atoms with Crippen LogP contribution in [0, 0.1) is 0 Å². The van der Waals surface area contributed by atoms with Crippen molar-refractivity contribution in [3.8, 4) is 17.0 Å². The third-order valence-electron chi connectivity index (χ3n) is 11.9. The molecular weight excluding hydrogens is 772 g/mol. The van der Waals surface area contributed by atoms with E-state index in [-0.39, 0.29) is 41.4 Å². The number of alkyl halides is 3. The molecule has 2 aromatic carbocycles. The molecule has 2 aliphatic heterocycles. The molecule has 4 aromatic rings. The fourth-order valence-corrected chi connectivity index (χ4v) is 9.77. The number of carbonyl (C=O) groups excluding carboxylic acids is 2. The highest BCUT2D eigenvalue weighted by molar-refractivity contribution is 7.90. The number of aliphatic hydroxyl groups is 1. The Morgan fingerprint density at radius 2 is 1.74 bits per heavy atom. The van der Waals surface area contributed by atoms with Gasteiger partial charge in [0.25, 0.3) is 11.8 Å². The lowest BCUT2D eigenvalue weighted by Crippen LogP contribution is -2.43. The largest absolute Gasteiger partial charge is 0.497 e. The molecule has 7 rings (SSSR count). The third-order valence-corrected chi connectivity index (χ3v) is 13.6. The summed E-state index contributed by atoms with van der Waals surface area (Å²) in [7, 11) is -2.42. The minimum atomic E-state index is -4.67. The summed E-state index contributed by atoms with van der Waals surface area (Å²) < 4.78 is 79.3. The van der Waals surface area contributed by atoms with Crippen LogP contribution in [-0.2, 0) is 23.1 Å². The van der Waals surface area contributed by atoms with Gasteiger partial charge in [0.1, 0.15) is 12.3 Å². The molecule has 1 saturated carbocycles. The summed E-state index contributed by atoms with van der Waals surface area (Å²) in [6, 6.07) is 10.1. The number of halogens is 3. The number of rotatable bonds is 10. The second-order valence-electron chi connectivity index (χ2n) is 17.1. The van der Waals surface area contributed by atoms with E-state index < -0.39 is 45.4 Å². The Balaban J connectivity index is 1.47. The second-order valence-corrected chi connectivity index (χ2v) is 19.3. The van der Waals surface area contributed by atoms with E-state index in [4.69, 9.17) is 4.74 Å². The molecule has 0 bridgehead atoms. The molecule has 1 aliphatic carbocycles. The molecular formula is C43H52F3N5O6S. The first-order chi connectivity index (χ1) is 27.3. The first-order valence-corrected chi connectivity index (χ1v) is 21.6. The maximum atomic E-state index is 14.7. The normalized spacial score (nSPS) is 19.2. The molecule has 2 unspecified atom stereocenters. The number of allylic oxidation sites excluding steroid dienone is 1. The topological polar surface area (TPSA) is 136 Å². The predicted octanol–water partition coefficient (Wildman–Crippen LogP) is 8.30. The molecule has 2 atom stereocenters. The zero-order valence-electron chi connectivity index (χ0n) is 33.8. The van der Waals surface area contributed by atoms with Crippen LogP contribution in [0.3, 0.4) is 0 Å². The van der Waals surface area contributed by atoms with Crippen molar-refractivity contribution >= 4 is 44.4 Å². The van der Waals surface area contributed by atoms with Crippen LogP contribution in [0.25, 0.3) is 33.8 Å². The summed E-state index contributed by atoms with van der Waals surface area (Å²) in [4.78, 5) is 30.0. The monoisotopic (exact) mass is 823 g/mol. The van der Waals surface area contributed by atoms with Crippen molar-refractivity contribution in [2.75, 3.05) is 7.11 Å². The van der Waals surface area contributed by atoms with Crippen molar-refractivity contribution in [2.24, 2.45) is 0 Å². The number of nitrogens with zero attached hydrogens (tertiary/aromatic N) is 4. The number of fused-ring (bicyclic) bond motifs is 5. The molecule has 2 fully saturated rings. The summed E-state index contributed by atoms with van der Waals surface area (Å²) in [5.74, 6) is -0.591. The number of methoxy groups -OCH3 is 1. The number of benzene rings is 2. The van der Waals surface area contributed by atoms with E-state index in [9.17, 15) is 36.3 Å². The van der Waals surface area contributed by atoms with Crippen molar-refractivity contribution < 1.29 is 41.0 Å². The Bertz CT molecular complexity index is 2380. The van der Waals surface area contributed by atoms with E-state index in [1.165, 1.54) is 27.2 Å². The zero-order valence-corrected chi connectivity index (χ0v) is 34.6. The van der Waals surface area contributed by atoms with Crippen LogP contribution in [0.15, 0.2) is 42.6 Å². The van der Waals surface area contributed by atoms with Gasteiger partial charge in [-0.1, -0.05) is 25.3 Å². The summed E-state index contributed by atoms with van der Waals surface area (Å²) in [6.45, 7) is 6.75. The zero-order chi connectivity index (χ0) is 41.9. The summed E-state index contributed by atoms with van der Waals surface area (Å²) >= 11 is 0. The molecule has 312 valence electrons. The van der Waals surface area contributed by atoms with Gasteiger partial charge in [-0.3, -0.25) is 14.3 Å². The fraction of sp³-hybridized carbons (Fsp3) is 0.512. The van der Waals surface area contributed by atoms with E-state index in [0.717, 1.165) is 59.0 Å². The number of hydrogen-bond donors (Lipinski definition) is 2. The number of amides is 2. The highest BCUT2D eigenvalue weighted by atomic mass is 32.2. The van der Waals surface area contributed by atoms with E-state index >= 15 is 0 Å². The van der Waals surface area contributed by atoms with Crippen LogP contribution < -0.4 is 9.46 Å². The van der Waals surface area contributed by atoms with Crippen LogP contribution in [-0.4, -0.2) is 80.8 Å². The van der Waals surface area contributed by atoms with Gasteiger partial charge in [-0.05, 0) is 126 Å². The number of ether oxygens (including phenoxy) is 1. The van der Waals surface area contributed by atoms with Crippen molar-refractivity contribution in [2.45, 2.75) is 134 Å². The molecule has 2 aromatic heterocycles. The van der Waals surface area contributed by atoms with Gasteiger partial charge in [-0.15, -0.1) is 0 Å². The van der Waals surface area contributed by atoms with Crippen LogP contribution in [0.1, 0.15) is 129 Å². The molecule has 2 N–H and O–H groups in total. The van der Waals surface area contributed by atoms with Crippen molar-refractivity contribution in [3.63, 3.8) is 0 Å². The molecule has 4 heterocycles.